The van der Waals surface area contributed by atoms with Crippen molar-refractivity contribution in [2.75, 3.05) is 13.2 Å². The minimum absolute atomic E-state index is 0.138. The average molecular weight is 290 g/mol. The molecule has 6 nitrogen and oxygen atoms in total. The number of rotatable bonds is 1. The second kappa shape index (κ2) is 5.42. The molecule has 0 bridgehead atoms. The zero-order chi connectivity index (χ0) is 14.2. The Hall–Kier alpha value is -1.40. The van der Waals surface area contributed by atoms with Gasteiger partial charge in [-0.25, -0.2) is 4.98 Å². The molecule has 2 fully saturated rings. The summed E-state index contributed by atoms with van der Waals surface area (Å²) in [6, 6.07) is 0.142. The summed E-state index contributed by atoms with van der Waals surface area (Å²) in [6.45, 7) is 2.10. The van der Waals surface area contributed by atoms with Gasteiger partial charge in [0.2, 0.25) is 5.91 Å². The van der Waals surface area contributed by atoms with Crippen molar-refractivity contribution < 1.29 is 9.53 Å². The van der Waals surface area contributed by atoms with Crippen molar-refractivity contribution in [3.8, 4) is 0 Å². The van der Waals surface area contributed by atoms with Gasteiger partial charge in [0, 0.05) is 19.5 Å². The molecule has 4 rings (SSSR count). The van der Waals surface area contributed by atoms with Crippen molar-refractivity contribution in [3.63, 3.8) is 0 Å². The summed E-state index contributed by atoms with van der Waals surface area (Å²) in [7, 11) is 0. The Bertz CT molecular complexity index is 527. The molecule has 114 valence electrons. The first kappa shape index (κ1) is 13.3. The number of carbonyl (C=O) groups is 1. The highest BCUT2D eigenvalue weighted by atomic mass is 16.5. The maximum Gasteiger partial charge on any atom is 0.240 e. The van der Waals surface area contributed by atoms with Crippen molar-refractivity contribution in [2.45, 2.75) is 56.8 Å². The molecule has 0 spiro atoms. The van der Waals surface area contributed by atoms with Gasteiger partial charge < -0.3 is 14.6 Å². The van der Waals surface area contributed by atoms with E-state index in [1.165, 1.54) is 12.8 Å². The second-order valence-corrected chi connectivity index (χ2v) is 6.26. The van der Waals surface area contributed by atoms with Crippen LogP contribution in [0, 0.1) is 0 Å². The van der Waals surface area contributed by atoms with E-state index in [0.717, 1.165) is 30.8 Å². The summed E-state index contributed by atoms with van der Waals surface area (Å²) in [5, 5.41) is 3.35. The van der Waals surface area contributed by atoms with Gasteiger partial charge >= 0.3 is 0 Å². The maximum absolute atomic E-state index is 12.9. The normalized spacial score (nSPS) is 32.4. The standard InChI is InChI=1S/C15H22N4O2/c20-15(11-7-10-12(8-16-11)18-9-17-10)19-5-6-21-14-4-2-1-3-13(14)19/h9,11,13-14,16H,1-8H2,(H,17,18). The van der Waals surface area contributed by atoms with Crippen molar-refractivity contribution >= 4 is 5.91 Å². The number of ether oxygens (including phenoxy) is 1. The smallest absolute Gasteiger partial charge is 0.240 e. The third-order valence-corrected chi connectivity index (χ3v) is 5.04. The number of amides is 1. The first-order chi connectivity index (χ1) is 10.3. The lowest BCUT2D eigenvalue weighted by Crippen LogP contribution is -2.59. The summed E-state index contributed by atoms with van der Waals surface area (Å²) in [5.41, 5.74) is 2.14. The summed E-state index contributed by atoms with van der Waals surface area (Å²) in [5.74, 6) is 0.226. The molecule has 1 saturated carbocycles. The van der Waals surface area contributed by atoms with E-state index < -0.39 is 0 Å². The molecule has 3 unspecified atom stereocenters. The fourth-order valence-corrected chi connectivity index (χ4v) is 3.91. The third-order valence-electron chi connectivity index (χ3n) is 5.04. The van der Waals surface area contributed by atoms with Gasteiger partial charge in [-0.3, -0.25) is 10.1 Å². The minimum atomic E-state index is -0.138. The van der Waals surface area contributed by atoms with E-state index >= 15 is 0 Å². The van der Waals surface area contributed by atoms with E-state index in [1.54, 1.807) is 6.33 Å². The van der Waals surface area contributed by atoms with Crippen LogP contribution in [0.15, 0.2) is 6.33 Å². The van der Waals surface area contributed by atoms with Crippen LogP contribution in [-0.2, 0) is 22.5 Å². The summed E-state index contributed by atoms with van der Waals surface area (Å²) >= 11 is 0. The molecule has 3 atom stereocenters. The van der Waals surface area contributed by atoms with Crippen LogP contribution in [0.4, 0.5) is 0 Å². The molecular weight excluding hydrogens is 268 g/mol. The first-order valence-corrected chi connectivity index (χ1v) is 7.99. The monoisotopic (exact) mass is 290 g/mol. The zero-order valence-corrected chi connectivity index (χ0v) is 12.2. The SMILES string of the molecule is O=C(C1Cc2nc[nH]c2CN1)N1CCOC2CCCCC21. The van der Waals surface area contributed by atoms with E-state index in [4.69, 9.17) is 4.74 Å². The van der Waals surface area contributed by atoms with E-state index in [1.807, 2.05) is 0 Å². The fourth-order valence-electron chi connectivity index (χ4n) is 3.91. The highest BCUT2D eigenvalue weighted by molar-refractivity contribution is 5.83. The number of nitrogens with one attached hydrogen (secondary N) is 2. The number of imidazole rings is 1. The highest BCUT2D eigenvalue weighted by Crippen LogP contribution is 2.29. The van der Waals surface area contributed by atoms with Crippen LogP contribution in [0.3, 0.4) is 0 Å². The molecule has 0 aromatic carbocycles. The number of hydrogen-bond acceptors (Lipinski definition) is 4. The quantitative estimate of drug-likeness (QED) is 0.794. The Kier molecular flexibility index (Phi) is 3.43. The molecule has 1 amide bonds. The minimum Gasteiger partial charge on any atom is -0.374 e. The summed E-state index contributed by atoms with van der Waals surface area (Å²) in [4.78, 5) is 22.4. The molecule has 3 aliphatic rings. The number of nitrogens with zero attached hydrogens (tertiary/aromatic N) is 2. The van der Waals surface area contributed by atoms with Crippen molar-refractivity contribution in [1.29, 1.82) is 0 Å². The third kappa shape index (κ3) is 2.36. The lowest BCUT2D eigenvalue weighted by molar-refractivity contribution is -0.151. The lowest BCUT2D eigenvalue weighted by Gasteiger charge is -2.45. The van der Waals surface area contributed by atoms with Crippen molar-refractivity contribution in [2.24, 2.45) is 0 Å². The molecule has 2 aliphatic heterocycles. The van der Waals surface area contributed by atoms with Crippen LogP contribution < -0.4 is 5.32 Å². The number of carbonyl (C=O) groups excluding carboxylic acids is 1. The molecule has 1 aromatic rings. The number of H-pyrrole nitrogens is 1. The van der Waals surface area contributed by atoms with E-state index in [9.17, 15) is 4.79 Å². The largest absolute Gasteiger partial charge is 0.374 e. The van der Waals surface area contributed by atoms with Gasteiger partial charge in [0.15, 0.2) is 0 Å². The highest BCUT2D eigenvalue weighted by Gasteiger charge is 2.39. The molecule has 6 heteroatoms. The Balaban J connectivity index is 1.49. The molecule has 0 radical (unpaired) electrons. The van der Waals surface area contributed by atoms with Crippen LogP contribution in [0.1, 0.15) is 37.1 Å². The Morgan fingerprint density at radius 2 is 2.29 bits per heavy atom. The van der Waals surface area contributed by atoms with Gasteiger partial charge in [-0.1, -0.05) is 12.8 Å². The molecule has 2 N–H and O–H groups in total. The second-order valence-electron chi connectivity index (χ2n) is 6.26. The Labute approximate surface area is 124 Å². The van der Waals surface area contributed by atoms with Crippen molar-refractivity contribution in [3.05, 3.63) is 17.7 Å². The number of morpholine rings is 1. The molecule has 1 saturated heterocycles. The molecular formula is C15H22N4O2. The Morgan fingerprint density at radius 1 is 1.38 bits per heavy atom. The fraction of sp³-hybridized carbons (Fsp3) is 0.733. The summed E-state index contributed by atoms with van der Waals surface area (Å²) in [6.07, 6.45) is 7.25. The van der Waals surface area contributed by atoms with E-state index in [2.05, 4.69) is 20.2 Å². The van der Waals surface area contributed by atoms with Crippen molar-refractivity contribution in [1.82, 2.24) is 20.2 Å². The van der Waals surface area contributed by atoms with Gasteiger partial charge in [-0.2, -0.15) is 0 Å². The molecule has 3 heterocycles. The van der Waals surface area contributed by atoms with Crippen LogP contribution in [0.5, 0.6) is 0 Å². The van der Waals surface area contributed by atoms with E-state index in [0.29, 0.717) is 19.6 Å². The predicted molar refractivity (Wildman–Crippen MR) is 76.6 cm³/mol. The molecule has 1 aliphatic carbocycles. The summed E-state index contributed by atoms with van der Waals surface area (Å²) < 4.78 is 5.86. The molecule has 21 heavy (non-hydrogen) atoms. The van der Waals surface area contributed by atoms with E-state index in [-0.39, 0.29) is 24.1 Å². The van der Waals surface area contributed by atoms with Crippen LogP contribution in [0.2, 0.25) is 0 Å². The van der Waals surface area contributed by atoms with Gasteiger partial charge in [-0.15, -0.1) is 0 Å². The predicted octanol–water partition coefficient (Wildman–Crippen LogP) is 0.594. The zero-order valence-electron chi connectivity index (χ0n) is 12.2. The molecule has 1 aromatic heterocycles. The number of aromatic nitrogens is 2. The average Bonchev–Trinajstić information content (AvgIpc) is 3.01. The lowest BCUT2D eigenvalue weighted by atomic mass is 9.89. The number of hydrogen-bond donors (Lipinski definition) is 2. The Morgan fingerprint density at radius 3 is 3.24 bits per heavy atom. The van der Waals surface area contributed by atoms with Gasteiger partial charge in [-0.05, 0) is 12.8 Å². The topological polar surface area (TPSA) is 70.2 Å². The van der Waals surface area contributed by atoms with Gasteiger partial charge in [0.25, 0.3) is 0 Å². The van der Waals surface area contributed by atoms with Crippen LogP contribution >= 0.6 is 0 Å². The van der Waals surface area contributed by atoms with Crippen LogP contribution in [-0.4, -0.2) is 52.1 Å². The number of fused-ring (bicyclic) bond motifs is 2. The van der Waals surface area contributed by atoms with Gasteiger partial charge in [0.05, 0.1) is 42.5 Å². The van der Waals surface area contributed by atoms with Crippen LogP contribution in [0.25, 0.3) is 0 Å². The van der Waals surface area contributed by atoms with Gasteiger partial charge in [0.1, 0.15) is 0 Å². The maximum atomic E-state index is 12.9. The number of aromatic amines is 1. The first-order valence-electron chi connectivity index (χ1n) is 7.99.